The topological polar surface area (TPSA) is 8.17 Å². The molecule has 2 nitrogen and oxygen atoms in total. The second-order valence-electron chi connectivity index (χ2n) is 21.1. The fourth-order valence-electron chi connectivity index (χ4n) is 13.6. The maximum atomic E-state index is 2.45. The fraction of sp³-hybridized carbons (Fsp3) is 0.0130. The minimum Gasteiger partial charge on any atom is -0.310 e. The molecule has 1 spiro atoms. The third-order valence-electron chi connectivity index (χ3n) is 17.0. The van der Waals surface area contributed by atoms with Gasteiger partial charge in [0.2, 0.25) is 0 Å². The molecule has 0 saturated carbocycles. The highest BCUT2D eigenvalue weighted by Crippen LogP contribution is 2.63. The zero-order chi connectivity index (χ0) is 52.0. The molecular formula is C77H50N2. The van der Waals surface area contributed by atoms with Crippen molar-refractivity contribution in [3.8, 4) is 72.4 Å². The van der Waals surface area contributed by atoms with Crippen molar-refractivity contribution in [1.82, 2.24) is 4.57 Å². The molecule has 13 aromatic carbocycles. The van der Waals surface area contributed by atoms with Crippen LogP contribution >= 0.6 is 0 Å². The van der Waals surface area contributed by atoms with Gasteiger partial charge in [0.1, 0.15) is 0 Å². The first-order valence-electron chi connectivity index (χ1n) is 27.4. The van der Waals surface area contributed by atoms with E-state index in [-0.39, 0.29) is 0 Å². The summed E-state index contributed by atoms with van der Waals surface area (Å²) in [5.74, 6) is 0. The highest BCUT2D eigenvalue weighted by atomic mass is 15.1. The lowest BCUT2D eigenvalue weighted by atomic mass is 9.70. The van der Waals surface area contributed by atoms with Crippen molar-refractivity contribution in [2.75, 3.05) is 4.90 Å². The fourth-order valence-corrected chi connectivity index (χ4v) is 13.6. The van der Waals surface area contributed by atoms with Crippen LogP contribution in [0.4, 0.5) is 17.1 Å². The Balaban J connectivity index is 0.847. The smallest absolute Gasteiger partial charge is 0.0725 e. The molecule has 0 saturated heterocycles. The number of anilines is 3. The molecule has 0 atom stereocenters. The predicted octanol–water partition coefficient (Wildman–Crippen LogP) is 20.4. The van der Waals surface area contributed by atoms with Gasteiger partial charge in [0.05, 0.1) is 16.4 Å². The number of benzene rings is 13. The van der Waals surface area contributed by atoms with Gasteiger partial charge in [-0.15, -0.1) is 0 Å². The summed E-state index contributed by atoms with van der Waals surface area (Å²) in [4.78, 5) is 2.44. The van der Waals surface area contributed by atoms with Gasteiger partial charge in [0.25, 0.3) is 0 Å². The van der Waals surface area contributed by atoms with E-state index in [0.29, 0.717) is 0 Å². The minimum absolute atomic E-state index is 0.418. The summed E-state index contributed by atoms with van der Waals surface area (Å²) >= 11 is 0. The average Bonchev–Trinajstić information content (AvgIpc) is 3.94. The molecule has 0 aliphatic heterocycles. The Bertz CT molecular complexity index is 4660. The van der Waals surface area contributed by atoms with Crippen molar-refractivity contribution in [1.29, 1.82) is 0 Å². The van der Waals surface area contributed by atoms with Crippen molar-refractivity contribution in [3.63, 3.8) is 0 Å². The number of rotatable bonds is 8. The van der Waals surface area contributed by atoms with Crippen LogP contribution in [0.25, 0.3) is 105 Å². The summed E-state index contributed by atoms with van der Waals surface area (Å²) in [6.45, 7) is 0. The first-order valence-corrected chi connectivity index (χ1v) is 27.4. The van der Waals surface area contributed by atoms with Crippen molar-refractivity contribution in [2.45, 2.75) is 5.41 Å². The van der Waals surface area contributed by atoms with E-state index in [2.05, 4.69) is 313 Å². The summed E-state index contributed by atoms with van der Waals surface area (Å²) in [7, 11) is 0. The van der Waals surface area contributed by atoms with E-state index in [0.717, 1.165) is 33.9 Å². The van der Waals surface area contributed by atoms with Crippen molar-refractivity contribution >= 4 is 49.6 Å². The Morgan fingerprint density at radius 2 is 0.696 bits per heavy atom. The summed E-state index contributed by atoms with van der Waals surface area (Å²) in [6, 6.07) is 112. The van der Waals surface area contributed by atoms with Crippen molar-refractivity contribution < 1.29 is 0 Å². The third-order valence-corrected chi connectivity index (χ3v) is 17.0. The number of hydrogen-bond donors (Lipinski definition) is 0. The summed E-state index contributed by atoms with van der Waals surface area (Å²) in [5.41, 5.74) is 26.5. The van der Waals surface area contributed by atoms with Gasteiger partial charge in [-0.1, -0.05) is 249 Å². The Labute approximate surface area is 460 Å². The number of aromatic nitrogens is 1. The second-order valence-corrected chi connectivity index (χ2v) is 21.1. The van der Waals surface area contributed by atoms with Gasteiger partial charge in [-0.3, -0.25) is 0 Å². The number of nitrogens with zero attached hydrogens (tertiary/aromatic N) is 2. The van der Waals surface area contributed by atoms with Gasteiger partial charge in [-0.2, -0.15) is 0 Å². The zero-order valence-corrected chi connectivity index (χ0v) is 43.3. The van der Waals surface area contributed by atoms with E-state index in [9.17, 15) is 0 Å². The predicted molar refractivity (Wildman–Crippen MR) is 331 cm³/mol. The van der Waals surface area contributed by atoms with Crippen LogP contribution in [0, 0.1) is 0 Å². The van der Waals surface area contributed by atoms with E-state index in [1.807, 2.05) is 0 Å². The van der Waals surface area contributed by atoms with Crippen LogP contribution in [-0.4, -0.2) is 4.57 Å². The van der Waals surface area contributed by atoms with E-state index in [1.165, 1.54) is 110 Å². The van der Waals surface area contributed by atoms with Crippen LogP contribution in [0.5, 0.6) is 0 Å². The van der Waals surface area contributed by atoms with Gasteiger partial charge < -0.3 is 9.47 Å². The molecule has 0 radical (unpaired) electrons. The molecule has 2 heteroatoms. The van der Waals surface area contributed by atoms with Gasteiger partial charge >= 0.3 is 0 Å². The molecule has 1 aromatic heterocycles. The Morgan fingerprint density at radius 3 is 1.32 bits per heavy atom. The van der Waals surface area contributed by atoms with Crippen LogP contribution in [0.15, 0.2) is 303 Å². The van der Waals surface area contributed by atoms with Crippen LogP contribution in [-0.2, 0) is 5.41 Å². The second kappa shape index (κ2) is 17.9. The largest absolute Gasteiger partial charge is 0.310 e. The lowest BCUT2D eigenvalue weighted by molar-refractivity contribution is 0.794. The lowest BCUT2D eigenvalue weighted by Crippen LogP contribution is -2.25. The van der Waals surface area contributed by atoms with E-state index < -0.39 is 5.41 Å². The van der Waals surface area contributed by atoms with Gasteiger partial charge in [-0.05, 0) is 149 Å². The van der Waals surface area contributed by atoms with Crippen molar-refractivity contribution in [3.05, 3.63) is 326 Å². The molecule has 0 unspecified atom stereocenters. The number of para-hydroxylation sites is 1. The van der Waals surface area contributed by atoms with Gasteiger partial charge in [-0.25, -0.2) is 0 Å². The van der Waals surface area contributed by atoms with Crippen LogP contribution in [0.3, 0.4) is 0 Å². The SMILES string of the molecule is c1ccc(-c2ccccc2-c2ccccc2-c2ccc(N(c3ccc(-c4ccc5c6ccc7ccccc7c6n(-c6ccccc6)c5c4)cc3)c3ccc4c(c3)-c3ccccc3C43c4ccccc4-c4ccccc43)cc2)cc1. The average molecular weight is 1000 g/mol. The molecular weight excluding hydrogens is 953 g/mol. The van der Waals surface area contributed by atoms with Crippen LogP contribution in [0.2, 0.25) is 0 Å². The minimum atomic E-state index is -0.418. The monoisotopic (exact) mass is 1000 g/mol. The van der Waals surface area contributed by atoms with Crippen LogP contribution in [0.1, 0.15) is 22.3 Å². The maximum Gasteiger partial charge on any atom is 0.0725 e. The van der Waals surface area contributed by atoms with Crippen molar-refractivity contribution in [2.24, 2.45) is 0 Å². The summed E-state index contributed by atoms with van der Waals surface area (Å²) < 4.78 is 2.45. The molecule has 368 valence electrons. The third kappa shape index (κ3) is 6.84. The standard InChI is InChI=1S/C77H50N2/c1-3-19-52(20-4-1)60-24-9-11-27-63(60)64-28-12-10-25-61(64)54-37-43-58(44-38-54)78(59-45-48-74-70(50-59)67-31-15-18-34-73(67)77(74)71-32-16-13-29-65(71)66-30-14-17-33-72(66)77)57-41-35-51(36-42-57)55-40-46-68-69-47-39-53-21-7-8-26-62(53)76(69)79(75(68)49-55)56-22-5-2-6-23-56/h1-50H. The van der Waals surface area contributed by atoms with E-state index in [1.54, 1.807) is 0 Å². The highest BCUT2D eigenvalue weighted by Gasteiger charge is 2.51. The highest BCUT2D eigenvalue weighted by molar-refractivity contribution is 6.19. The Kier molecular flexibility index (Phi) is 10.2. The molecule has 14 aromatic rings. The lowest BCUT2D eigenvalue weighted by Gasteiger charge is -2.31. The zero-order valence-electron chi connectivity index (χ0n) is 43.3. The molecule has 1 heterocycles. The molecule has 0 amide bonds. The maximum absolute atomic E-state index is 2.45. The number of hydrogen-bond acceptors (Lipinski definition) is 1. The Morgan fingerprint density at radius 1 is 0.253 bits per heavy atom. The first kappa shape index (κ1) is 45.0. The number of fused-ring (bicyclic) bond motifs is 15. The molecule has 2 aliphatic carbocycles. The van der Waals surface area contributed by atoms with Gasteiger partial charge in [0, 0.05) is 38.9 Å². The summed E-state index contributed by atoms with van der Waals surface area (Å²) in [6.07, 6.45) is 0. The van der Waals surface area contributed by atoms with E-state index in [4.69, 9.17) is 0 Å². The van der Waals surface area contributed by atoms with E-state index >= 15 is 0 Å². The molecule has 0 fully saturated rings. The molecule has 0 bridgehead atoms. The first-order chi connectivity index (χ1) is 39.2. The molecule has 2 aliphatic rings. The Hall–Kier alpha value is -10.3. The molecule has 0 N–H and O–H groups in total. The molecule has 79 heavy (non-hydrogen) atoms. The summed E-state index contributed by atoms with van der Waals surface area (Å²) in [5, 5.41) is 4.98. The van der Waals surface area contributed by atoms with Gasteiger partial charge in [0.15, 0.2) is 0 Å². The molecule has 16 rings (SSSR count). The quantitative estimate of drug-likeness (QED) is 0.147. The van der Waals surface area contributed by atoms with Crippen LogP contribution < -0.4 is 4.90 Å². The normalized spacial score (nSPS) is 12.7.